The Morgan fingerprint density at radius 1 is 1.10 bits per heavy atom. The van der Waals surface area contributed by atoms with Gasteiger partial charge in [-0.2, -0.15) is 0 Å². The van der Waals surface area contributed by atoms with Crippen molar-refractivity contribution in [2.75, 3.05) is 20.1 Å². The number of sulfonamides is 1. The van der Waals surface area contributed by atoms with Gasteiger partial charge in [-0.25, -0.2) is 13.1 Å². The predicted molar refractivity (Wildman–Crippen MR) is 87.9 cm³/mol. The van der Waals surface area contributed by atoms with E-state index in [0.29, 0.717) is 23.3 Å². The first-order valence-corrected chi connectivity index (χ1v) is 9.08. The van der Waals surface area contributed by atoms with E-state index in [-0.39, 0.29) is 0 Å². The number of aryl methyl sites for hydroxylation is 1. The van der Waals surface area contributed by atoms with E-state index in [1.54, 1.807) is 12.1 Å². The summed E-state index contributed by atoms with van der Waals surface area (Å²) in [6.45, 7) is 7.69. The van der Waals surface area contributed by atoms with E-state index in [1.165, 1.54) is 5.56 Å². The molecule has 0 aliphatic heterocycles. The van der Waals surface area contributed by atoms with Gasteiger partial charge in [0, 0.05) is 6.54 Å². The molecule has 0 fully saturated rings. The summed E-state index contributed by atoms with van der Waals surface area (Å²) in [6.07, 6.45) is 2.01. The minimum absolute atomic E-state index is 0.320. The van der Waals surface area contributed by atoms with E-state index in [1.807, 2.05) is 19.2 Å². The maximum Gasteiger partial charge on any atom is 0.240 e. The SMILES string of the molecule is CNCCCc1ccc(S(=O)(=O)NCC(C)C(C)C)cc1. The first-order chi connectivity index (χ1) is 9.86. The second-order valence-corrected chi connectivity index (χ2v) is 7.69. The van der Waals surface area contributed by atoms with Crippen molar-refractivity contribution in [1.29, 1.82) is 0 Å². The maximum atomic E-state index is 12.2. The third-order valence-electron chi connectivity index (χ3n) is 3.86. The van der Waals surface area contributed by atoms with Crippen molar-refractivity contribution >= 4 is 10.0 Å². The molecular weight excluding hydrogens is 284 g/mol. The molecule has 5 heteroatoms. The molecule has 0 radical (unpaired) electrons. The highest BCUT2D eigenvalue weighted by Gasteiger charge is 2.16. The van der Waals surface area contributed by atoms with Crippen molar-refractivity contribution in [2.45, 2.75) is 38.5 Å². The zero-order valence-corrected chi connectivity index (χ0v) is 14.3. The highest BCUT2D eigenvalue weighted by atomic mass is 32.2. The lowest BCUT2D eigenvalue weighted by Gasteiger charge is -2.16. The fraction of sp³-hybridized carbons (Fsp3) is 0.625. The molecule has 1 unspecified atom stereocenters. The molecular formula is C16H28N2O2S. The highest BCUT2D eigenvalue weighted by Crippen LogP contribution is 2.13. The number of hydrogen-bond donors (Lipinski definition) is 2. The molecule has 1 aromatic carbocycles. The van der Waals surface area contributed by atoms with Gasteiger partial charge in [0.2, 0.25) is 10.0 Å². The Labute approximate surface area is 129 Å². The van der Waals surface area contributed by atoms with Crippen molar-refractivity contribution in [3.05, 3.63) is 29.8 Å². The summed E-state index contributed by atoms with van der Waals surface area (Å²) in [6, 6.07) is 7.18. The van der Waals surface area contributed by atoms with E-state index >= 15 is 0 Å². The minimum Gasteiger partial charge on any atom is -0.320 e. The van der Waals surface area contributed by atoms with E-state index in [2.05, 4.69) is 30.8 Å². The lowest BCUT2D eigenvalue weighted by Crippen LogP contribution is -2.30. The highest BCUT2D eigenvalue weighted by molar-refractivity contribution is 7.89. The number of hydrogen-bond acceptors (Lipinski definition) is 3. The van der Waals surface area contributed by atoms with Gasteiger partial charge in [-0.1, -0.05) is 32.9 Å². The molecule has 21 heavy (non-hydrogen) atoms. The molecule has 0 bridgehead atoms. The van der Waals surface area contributed by atoms with Crippen LogP contribution in [0.3, 0.4) is 0 Å². The Morgan fingerprint density at radius 3 is 2.24 bits per heavy atom. The van der Waals surface area contributed by atoms with Crippen LogP contribution in [0, 0.1) is 11.8 Å². The van der Waals surface area contributed by atoms with Crippen LogP contribution in [0.1, 0.15) is 32.8 Å². The van der Waals surface area contributed by atoms with Gasteiger partial charge >= 0.3 is 0 Å². The smallest absolute Gasteiger partial charge is 0.240 e. The Balaban J connectivity index is 2.62. The molecule has 0 spiro atoms. The van der Waals surface area contributed by atoms with Gasteiger partial charge < -0.3 is 5.32 Å². The molecule has 0 aromatic heterocycles. The lowest BCUT2D eigenvalue weighted by molar-refractivity contribution is 0.414. The van der Waals surface area contributed by atoms with Gasteiger partial charge in [0.15, 0.2) is 0 Å². The Kier molecular flexibility index (Phi) is 7.35. The Bertz CT molecular complexity index is 510. The summed E-state index contributed by atoms with van der Waals surface area (Å²) < 4.78 is 27.1. The number of benzene rings is 1. The molecule has 0 aliphatic carbocycles. The Hall–Kier alpha value is -0.910. The summed E-state index contributed by atoms with van der Waals surface area (Å²) in [4.78, 5) is 0.343. The maximum absolute atomic E-state index is 12.2. The van der Waals surface area contributed by atoms with Crippen molar-refractivity contribution in [1.82, 2.24) is 10.0 Å². The van der Waals surface area contributed by atoms with Gasteiger partial charge in [-0.3, -0.25) is 0 Å². The summed E-state index contributed by atoms with van der Waals surface area (Å²) in [5.41, 5.74) is 1.17. The fourth-order valence-corrected chi connectivity index (χ4v) is 3.01. The number of rotatable bonds is 9. The third kappa shape index (κ3) is 6.16. The first kappa shape index (κ1) is 18.1. The standard InChI is InChI=1S/C16H28N2O2S/c1-13(2)14(3)12-18-21(19,20)16-9-7-15(8-10-16)6-5-11-17-4/h7-10,13-14,17-18H,5-6,11-12H2,1-4H3. The van der Waals surface area contributed by atoms with Gasteiger partial charge in [-0.05, 0) is 56.0 Å². The molecule has 1 aromatic rings. The molecule has 0 aliphatic rings. The molecule has 0 saturated heterocycles. The van der Waals surface area contributed by atoms with Gasteiger partial charge in [0.1, 0.15) is 0 Å². The van der Waals surface area contributed by atoms with Crippen molar-refractivity contribution in [3.63, 3.8) is 0 Å². The molecule has 1 atom stereocenters. The lowest BCUT2D eigenvalue weighted by atomic mass is 9.99. The molecule has 4 nitrogen and oxygen atoms in total. The van der Waals surface area contributed by atoms with Crippen LogP contribution in [0.4, 0.5) is 0 Å². The van der Waals surface area contributed by atoms with Crippen LogP contribution in [0.15, 0.2) is 29.2 Å². The van der Waals surface area contributed by atoms with E-state index < -0.39 is 10.0 Å². The summed E-state index contributed by atoms with van der Waals surface area (Å²) in [5.74, 6) is 0.780. The fourth-order valence-electron chi connectivity index (χ4n) is 1.86. The minimum atomic E-state index is -3.39. The third-order valence-corrected chi connectivity index (χ3v) is 5.30. The monoisotopic (exact) mass is 312 g/mol. The van der Waals surface area contributed by atoms with Crippen LogP contribution in [0.5, 0.6) is 0 Å². The van der Waals surface area contributed by atoms with Crippen LogP contribution in [-0.2, 0) is 16.4 Å². The van der Waals surface area contributed by atoms with Crippen molar-refractivity contribution in [2.24, 2.45) is 11.8 Å². The van der Waals surface area contributed by atoms with Crippen LogP contribution in [0.2, 0.25) is 0 Å². The van der Waals surface area contributed by atoms with Crippen molar-refractivity contribution in [3.8, 4) is 0 Å². The molecule has 0 heterocycles. The zero-order valence-electron chi connectivity index (χ0n) is 13.5. The quantitative estimate of drug-likeness (QED) is 0.689. The summed E-state index contributed by atoms with van der Waals surface area (Å²) in [7, 11) is -1.46. The average Bonchev–Trinajstić information content (AvgIpc) is 2.45. The zero-order chi connectivity index (χ0) is 15.9. The average molecular weight is 312 g/mol. The second kappa shape index (κ2) is 8.51. The summed E-state index contributed by atoms with van der Waals surface area (Å²) in [5, 5.41) is 3.10. The van der Waals surface area contributed by atoms with Gasteiger partial charge in [0.25, 0.3) is 0 Å². The number of nitrogens with one attached hydrogen (secondary N) is 2. The largest absolute Gasteiger partial charge is 0.320 e. The van der Waals surface area contributed by atoms with E-state index in [9.17, 15) is 8.42 Å². The topological polar surface area (TPSA) is 58.2 Å². The molecule has 1 rings (SSSR count). The first-order valence-electron chi connectivity index (χ1n) is 7.60. The predicted octanol–water partition coefficient (Wildman–Crippen LogP) is 2.41. The molecule has 0 saturated carbocycles. The van der Waals surface area contributed by atoms with Crippen LogP contribution < -0.4 is 10.0 Å². The van der Waals surface area contributed by atoms with Crippen LogP contribution >= 0.6 is 0 Å². The molecule has 2 N–H and O–H groups in total. The van der Waals surface area contributed by atoms with E-state index in [4.69, 9.17) is 0 Å². The molecule has 0 amide bonds. The Morgan fingerprint density at radius 2 is 1.71 bits per heavy atom. The van der Waals surface area contributed by atoms with Gasteiger partial charge in [-0.15, -0.1) is 0 Å². The molecule has 120 valence electrons. The van der Waals surface area contributed by atoms with Gasteiger partial charge in [0.05, 0.1) is 4.90 Å². The van der Waals surface area contributed by atoms with E-state index in [0.717, 1.165) is 19.4 Å². The normalized spacial score (nSPS) is 13.6. The van der Waals surface area contributed by atoms with Crippen molar-refractivity contribution < 1.29 is 8.42 Å². The second-order valence-electron chi connectivity index (χ2n) is 5.92. The summed E-state index contributed by atoms with van der Waals surface area (Å²) >= 11 is 0. The van der Waals surface area contributed by atoms with Crippen LogP contribution in [0.25, 0.3) is 0 Å². The van der Waals surface area contributed by atoms with Crippen LogP contribution in [-0.4, -0.2) is 28.6 Å².